The molecule has 7 nitrogen and oxygen atoms in total. The highest BCUT2D eigenvalue weighted by Gasteiger charge is 2.19. The molecule has 0 unspecified atom stereocenters. The lowest BCUT2D eigenvalue weighted by Crippen LogP contribution is -2.30. The highest BCUT2D eigenvalue weighted by atomic mass is 35.5. The number of non-ortho nitro benzene ring substituents is 1. The fourth-order valence-electron chi connectivity index (χ4n) is 1.38. The van der Waals surface area contributed by atoms with Gasteiger partial charge in [-0.2, -0.15) is 0 Å². The maximum absolute atomic E-state index is 11.9. The average Bonchev–Trinajstić information content (AvgIpc) is 2.29. The third-order valence-electron chi connectivity index (χ3n) is 2.34. The Bertz CT molecular complexity index is 548. The van der Waals surface area contributed by atoms with E-state index in [1.807, 2.05) is 0 Å². The molecule has 0 fully saturated rings. The molecule has 0 spiro atoms. The number of nitrogens with zero attached hydrogens (tertiary/aromatic N) is 1. The molecule has 0 atom stereocenters. The first kappa shape index (κ1) is 17.8. The summed E-state index contributed by atoms with van der Waals surface area (Å²) < 4.78 is 26.3. The van der Waals surface area contributed by atoms with E-state index in [2.05, 4.69) is 10.0 Å². The lowest BCUT2D eigenvalue weighted by molar-refractivity contribution is -0.385. The molecule has 0 heterocycles. The molecule has 1 aromatic rings. The number of likely N-dealkylation sites (N-methyl/N-ethyl adjacent to an activating group) is 1. The van der Waals surface area contributed by atoms with Crippen molar-refractivity contribution in [2.45, 2.75) is 11.8 Å². The van der Waals surface area contributed by atoms with Crippen molar-refractivity contribution in [3.8, 4) is 0 Å². The number of halogens is 1. The van der Waals surface area contributed by atoms with Crippen molar-refractivity contribution in [3.63, 3.8) is 0 Å². The van der Waals surface area contributed by atoms with E-state index < -0.39 is 14.9 Å². The summed E-state index contributed by atoms with van der Waals surface area (Å²) in [6, 6.07) is 3.77. The molecule has 2 N–H and O–H groups in total. The van der Waals surface area contributed by atoms with Gasteiger partial charge >= 0.3 is 0 Å². The van der Waals surface area contributed by atoms with Gasteiger partial charge < -0.3 is 5.32 Å². The van der Waals surface area contributed by atoms with Crippen LogP contribution in [0.5, 0.6) is 0 Å². The van der Waals surface area contributed by atoms with Crippen molar-refractivity contribution in [1.29, 1.82) is 0 Å². The number of aryl methyl sites for hydroxylation is 1. The van der Waals surface area contributed by atoms with Crippen LogP contribution >= 0.6 is 12.4 Å². The SMILES string of the molecule is CNCCNS(=O)(=O)c1cc([N+](=O)[O-])ccc1C.Cl. The zero-order valence-corrected chi connectivity index (χ0v) is 12.2. The second-order valence-electron chi connectivity index (χ2n) is 3.71. The summed E-state index contributed by atoms with van der Waals surface area (Å²) in [5.41, 5.74) is 0.229. The molecule has 0 aliphatic carbocycles. The molecule has 108 valence electrons. The van der Waals surface area contributed by atoms with Gasteiger partial charge in [0, 0.05) is 25.2 Å². The van der Waals surface area contributed by atoms with Crippen molar-refractivity contribution >= 4 is 28.1 Å². The minimum atomic E-state index is -3.71. The van der Waals surface area contributed by atoms with Gasteiger partial charge in [0.2, 0.25) is 10.0 Å². The number of nitro groups is 1. The summed E-state index contributed by atoms with van der Waals surface area (Å²) in [6.07, 6.45) is 0. The van der Waals surface area contributed by atoms with E-state index in [4.69, 9.17) is 0 Å². The van der Waals surface area contributed by atoms with Gasteiger partial charge in [0.15, 0.2) is 0 Å². The zero-order valence-electron chi connectivity index (χ0n) is 10.5. The maximum Gasteiger partial charge on any atom is 0.270 e. The predicted molar refractivity (Wildman–Crippen MR) is 74.2 cm³/mol. The lowest BCUT2D eigenvalue weighted by atomic mass is 10.2. The molecular weight excluding hydrogens is 294 g/mol. The largest absolute Gasteiger partial charge is 0.318 e. The minimum Gasteiger partial charge on any atom is -0.318 e. The van der Waals surface area contributed by atoms with E-state index >= 15 is 0 Å². The molecule has 1 rings (SSSR count). The van der Waals surface area contributed by atoms with Gasteiger partial charge in [0.1, 0.15) is 0 Å². The van der Waals surface area contributed by atoms with Crippen LogP contribution in [0.3, 0.4) is 0 Å². The molecule has 0 aromatic heterocycles. The Morgan fingerprint density at radius 2 is 1.95 bits per heavy atom. The van der Waals surface area contributed by atoms with Crippen molar-refractivity contribution in [3.05, 3.63) is 33.9 Å². The van der Waals surface area contributed by atoms with Gasteiger partial charge in [-0.3, -0.25) is 10.1 Å². The van der Waals surface area contributed by atoms with E-state index in [0.717, 1.165) is 6.07 Å². The van der Waals surface area contributed by atoms with Crippen LogP contribution in [-0.2, 0) is 10.0 Å². The monoisotopic (exact) mass is 309 g/mol. The highest BCUT2D eigenvalue weighted by molar-refractivity contribution is 7.89. The Morgan fingerprint density at radius 1 is 1.32 bits per heavy atom. The summed E-state index contributed by atoms with van der Waals surface area (Å²) in [5, 5.41) is 13.4. The molecule has 0 radical (unpaired) electrons. The minimum absolute atomic E-state index is 0. The third kappa shape index (κ3) is 4.75. The molecule has 9 heteroatoms. The first-order chi connectivity index (χ1) is 8.38. The van der Waals surface area contributed by atoms with Crippen LogP contribution in [0.25, 0.3) is 0 Å². The Morgan fingerprint density at radius 3 is 2.47 bits per heavy atom. The second-order valence-corrected chi connectivity index (χ2v) is 5.44. The average molecular weight is 310 g/mol. The zero-order chi connectivity index (χ0) is 13.8. The number of hydrogen-bond donors (Lipinski definition) is 2. The Balaban J connectivity index is 0.00000324. The van der Waals surface area contributed by atoms with Gasteiger partial charge in [-0.15, -0.1) is 12.4 Å². The van der Waals surface area contributed by atoms with Crippen molar-refractivity contribution in [2.75, 3.05) is 20.1 Å². The lowest BCUT2D eigenvalue weighted by Gasteiger charge is -2.08. The van der Waals surface area contributed by atoms with Crippen LogP contribution in [0.1, 0.15) is 5.56 Å². The summed E-state index contributed by atoms with van der Waals surface area (Å²) in [6.45, 7) is 2.30. The number of rotatable bonds is 6. The number of hydrogen-bond acceptors (Lipinski definition) is 5. The number of benzene rings is 1. The summed E-state index contributed by atoms with van der Waals surface area (Å²) in [4.78, 5) is 9.95. The van der Waals surface area contributed by atoms with Crippen molar-refractivity contribution in [2.24, 2.45) is 0 Å². The van der Waals surface area contributed by atoms with Gasteiger partial charge in [0.25, 0.3) is 5.69 Å². The Hall–Kier alpha value is -1.22. The highest BCUT2D eigenvalue weighted by Crippen LogP contribution is 2.21. The topological polar surface area (TPSA) is 101 Å². The first-order valence-electron chi connectivity index (χ1n) is 5.28. The quantitative estimate of drug-likeness (QED) is 0.460. The molecule has 0 saturated carbocycles. The number of nitrogens with one attached hydrogen (secondary N) is 2. The maximum atomic E-state index is 11.9. The number of sulfonamides is 1. The third-order valence-corrected chi connectivity index (χ3v) is 3.94. The Labute approximate surface area is 118 Å². The summed E-state index contributed by atoms with van der Waals surface area (Å²) in [7, 11) is -2.01. The molecular formula is C10H16ClN3O4S. The normalized spacial score (nSPS) is 10.8. The van der Waals surface area contributed by atoms with Crippen LogP contribution < -0.4 is 10.0 Å². The Kier molecular flexibility index (Phi) is 6.91. The first-order valence-corrected chi connectivity index (χ1v) is 6.76. The summed E-state index contributed by atoms with van der Waals surface area (Å²) in [5.74, 6) is 0. The van der Waals surface area contributed by atoms with E-state index in [9.17, 15) is 18.5 Å². The molecule has 1 aromatic carbocycles. The second kappa shape index (κ2) is 7.39. The molecule has 0 amide bonds. The summed E-state index contributed by atoms with van der Waals surface area (Å²) >= 11 is 0. The van der Waals surface area contributed by atoms with Gasteiger partial charge in [-0.25, -0.2) is 13.1 Å². The fourth-order valence-corrected chi connectivity index (χ4v) is 2.67. The molecule has 0 bridgehead atoms. The molecule has 0 aliphatic rings. The predicted octanol–water partition coefficient (Wildman–Crippen LogP) is 0.823. The molecule has 0 aliphatic heterocycles. The molecule has 0 saturated heterocycles. The standard InChI is InChI=1S/C10H15N3O4S.ClH/c1-8-3-4-9(13(14)15)7-10(8)18(16,17)12-6-5-11-2;/h3-4,7,11-12H,5-6H2,1-2H3;1H. The van der Waals surface area contributed by atoms with Crippen LogP contribution in [0.15, 0.2) is 23.1 Å². The van der Waals surface area contributed by atoms with Crippen LogP contribution in [-0.4, -0.2) is 33.5 Å². The van der Waals surface area contributed by atoms with Crippen LogP contribution in [0, 0.1) is 17.0 Å². The van der Waals surface area contributed by atoms with E-state index in [1.165, 1.54) is 12.1 Å². The van der Waals surface area contributed by atoms with Gasteiger partial charge in [-0.05, 0) is 19.5 Å². The smallest absolute Gasteiger partial charge is 0.270 e. The van der Waals surface area contributed by atoms with Crippen LogP contribution in [0.4, 0.5) is 5.69 Å². The van der Waals surface area contributed by atoms with Crippen LogP contribution in [0.2, 0.25) is 0 Å². The molecule has 19 heavy (non-hydrogen) atoms. The fraction of sp³-hybridized carbons (Fsp3) is 0.400. The van der Waals surface area contributed by atoms with Crippen molar-refractivity contribution in [1.82, 2.24) is 10.0 Å². The van der Waals surface area contributed by atoms with Crippen molar-refractivity contribution < 1.29 is 13.3 Å². The van der Waals surface area contributed by atoms with E-state index in [0.29, 0.717) is 12.1 Å². The number of nitro benzene ring substituents is 1. The van der Waals surface area contributed by atoms with Gasteiger partial charge in [-0.1, -0.05) is 6.07 Å². The van der Waals surface area contributed by atoms with Gasteiger partial charge in [0.05, 0.1) is 9.82 Å². The van der Waals surface area contributed by atoms with E-state index in [1.54, 1.807) is 14.0 Å². The van der Waals surface area contributed by atoms with E-state index in [-0.39, 0.29) is 29.5 Å².